The minimum atomic E-state index is -0.751. The van der Waals surface area contributed by atoms with Gasteiger partial charge in [0, 0.05) is 18.3 Å². The van der Waals surface area contributed by atoms with E-state index in [1.165, 1.54) is 7.11 Å². The smallest absolute Gasteiger partial charge is 0.326 e. The van der Waals surface area contributed by atoms with Gasteiger partial charge in [0.1, 0.15) is 5.69 Å². The van der Waals surface area contributed by atoms with Gasteiger partial charge in [-0.1, -0.05) is 6.07 Å². The van der Waals surface area contributed by atoms with Crippen molar-refractivity contribution < 1.29 is 14.6 Å². The number of nitrogens with zero attached hydrogens (tertiary/aromatic N) is 1. The summed E-state index contributed by atoms with van der Waals surface area (Å²) in [7, 11) is 1.51. The number of amides is 1. The van der Waals surface area contributed by atoms with Crippen LogP contribution in [0.5, 0.6) is 5.88 Å². The van der Waals surface area contributed by atoms with Crippen LogP contribution < -0.4 is 21.3 Å². The molecule has 9 nitrogen and oxygen atoms in total. The molecule has 2 aromatic heterocycles. The molecule has 1 saturated carbocycles. The van der Waals surface area contributed by atoms with Crippen LogP contribution in [0.2, 0.25) is 0 Å². The summed E-state index contributed by atoms with van der Waals surface area (Å²) in [4.78, 5) is 43.6. The van der Waals surface area contributed by atoms with Crippen LogP contribution in [0.25, 0.3) is 0 Å². The average molecular weight is 346 g/mol. The number of hydrogen-bond acceptors (Lipinski definition) is 6. The highest BCUT2D eigenvalue weighted by atomic mass is 16.5. The lowest BCUT2D eigenvalue weighted by atomic mass is 9.75. The van der Waals surface area contributed by atoms with Crippen LogP contribution in [0.3, 0.4) is 0 Å². The number of H-pyrrole nitrogens is 2. The van der Waals surface area contributed by atoms with E-state index in [-0.39, 0.29) is 11.6 Å². The Kier molecular flexibility index (Phi) is 4.66. The van der Waals surface area contributed by atoms with E-state index in [1.54, 1.807) is 18.3 Å². The third-order valence-corrected chi connectivity index (χ3v) is 4.24. The molecular formula is C16H18N4O5. The Labute approximate surface area is 142 Å². The number of aromatic nitrogens is 3. The minimum Gasteiger partial charge on any atom is -0.481 e. The number of methoxy groups -OCH3 is 1. The maximum atomic E-state index is 12.4. The number of rotatable bonds is 5. The molecule has 0 spiro atoms. The predicted octanol–water partition coefficient (Wildman–Crippen LogP) is -0.291. The standard InChI is InChI=1S/C16H18N4O5/c1-25-13-3-2-8(7-17-13)14(9-4-10(21)5-9)20-15(23)11-6-12(22)19-16(24)18-11/h2-3,6-7,9-10,14,21H,4-5H2,1H3,(H,20,23)(H2,18,19,22,24)/t9?,10?,14-/m1/s1. The van der Waals surface area contributed by atoms with Crippen LogP contribution in [0.1, 0.15) is 34.9 Å². The lowest BCUT2D eigenvalue weighted by Gasteiger charge is -2.38. The predicted molar refractivity (Wildman–Crippen MR) is 87.4 cm³/mol. The third-order valence-electron chi connectivity index (χ3n) is 4.24. The molecule has 0 radical (unpaired) electrons. The number of aliphatic hydroxyl groups excluding tert-OH is 1. The molecule has 0 saturated heterocycles. The van der Waals surface area contributed by atoms with Gasteiger partial charge in [-0.3, -0.25) is 14.6 Å². The molecule has 25 heavy (non-hydrogen) atoms. The SMILES string of the molecule is COc1ccc([C@@H](NC(=O)c2cc(=O)[nH]c(=O)[nH]2)C2CC(O)C2)cn1. The maximum absolute atomic E-state index is 12.4. The van der Waals surface area contributed by atoms with Gasteiger partial charge in [-0.05, 0) is 24.3 Å². The number of hydrogen-bond donors (Lipinski definition) is 4. The Balaban J connectivity index is 1.85. The zero-order valence-corrected chi connectivity index (χ0v) is 13.5. The molecular weight excluding hydrogens is 328 g/mol. The van der Waals surface area contributed by atoms with E-state index in [4.69, 9.17) is 4.74 Å². The van der Waals surface area contributed by atoms with E-state index >= 15 is 0 Å². The largest absolute Gasteiger partial charge is 0.481 e. The number of aliphatic hydroxyl groups is 1. The Morgan fingerprint density at radius 2 is 2.12 bits per heavy atom. The molecule has 9 heteroatoms. The first-order valence-electron chi connectivity index (χ1n) is 7.79. The van der Waals surface area contributed by atoms with Crippen molar-refractivity contribution in [2.75, 3.05) is 7.11 Å². The van der Waals surface area contributed by atoms with Crippen LogP contribution in [-0.2, 0) is 0 Å². The minimum absolute atomic E-state index is 0.0304. The molecule has 2 aromatic rings. The van der Waals surface area contributed by atoms with E-state index in [0.29, 0.717) is 18.7 Å². The molecule has 1 aliphatic carbocycles. The van der Waals surface area contributed by atoms with Gasteiger partial charge in [0.25, 0.3) is 11.5 Å². The van der Waals surface area contributed by atoms with Gasteiger partial charge in [-0.15, -0.1) is 0 Å². The Morgan fingerprint density at radius 1 is 1.36 bits per heavy atom. The van der Waals surface area contributed by atoms with Crippen molar-refractivity contribution in [1.29, 1.82) is 0 Å². The summed E-state index contributed by atoms with van der Waals surface area (Å²) in [5.74, 6) is -0.102. The van der Waals surface area contributed by atoms with Crippen molar-refractivity contribution in [3.05, 3.63) is 56.5 Å². The third kappa shape index (κ3) is 3.77. The molecule has 4 N–H and O–H groups in total. The first-order valence-corrected chi connectivity index (χ1v) is 7.79. The number of ether oxygens (including phenoxy) is 1. The summed E-state index contributed by atoms with van der Waals surface area (Å²) in [5, 5.41) is 12.4. The lowest BCUT2D eigenvalue weighted by Crippen LogP contribution is -2.42. The van der Waals surface area contributed by atoms with E-state index in [0.717, 1.165) is 11.6 Å². The second-order valence-electron chi connectivity index (χ2n) is 5.97. The number of carbonyl (C=O) groups excluding carboxylic acids is 1. The van der Waals surface area contributed by atoms with Crippen LogP contribution >= 0.6 is 0 Å². The van der Waals surface area contributed by atoms with Gasteiger partial charge in [-0.25, -0.2) is 9.78 Å². The van der Waals surface area contributed by atoms with Gasteiger partial charge >= 0.3 is 5.69 Å². The van der Waals surface area contributed by atoms with E-state index in [2.05, 4.69) is 15.3 Å². The van der Waals surface area contributed by atoms with Crippen molar-refractivity contribution in [2.24, 2.45) is 5.92 Å². The normalized spacial score (nSPS) is 20.4. The first-order chi connectivity index (χ1) is 12.0. The van der Waals surface area contributed by atoms with Crippen LogP contribution in [0, 0.1) is 5.92 Å². The fourth-order valence-corrected chi connectivity index (χ4v) is 2.88. The molecule has 0 bridgehead atoms. The summed E-state index contributed by atoms with van der Waals surface area (Å²) in [5.41, 5.74) is -0.784. The highest BCUT2D eigenvalue weighted by molar-refractivity contribution is 5.92. The van der Waals surface area contributed by atoms with Crippen molar-refractivity contribution >= 4 is 5.91 Å². The molecule has 0 aromatic carbocycles. The molecule has 1 fully saturated rings. The number of pyridine rings is 1. The maximum Gasteiger partial charge on any atom is 0.326 e. The molecule has 2 heterocycles. The molecule has 0 unspecified atom stereocenters. The highest BCUT2D eigenvalue weighted by Gasteiger charge is 2.36. The Bertz CT molecular complexity index is 839. The zero-order valence-electron chi connectivity index (χ0n) is 13.5. The van der Waals surface area contributed by atoms with E-state index in [1.807, 2.05) is 4.98 Å². The second-order valence-corrected chi connectivity index (χ2v) is 5.97. The molecule has 0 aliphatic heterocycles. The number of carbonyl (C=O) groups is 1. The van der Waals surface area contributed by atoms with Crippen molar-refractivity contribution in [1.82, 2.24) is 20.3 Å². The molecule has 1 atom stereocenters. The molecule has 1 amide bonds. The van der Waals surface area contributed by atoms with Crippen molar-refractivity contribution in [3.63, 3.8) is 0 Å². The van der Waals surface area contributed by atoms with Gasteiger partial charge in [0.2, 0.25) is 5.88 Å². The van der Waals surface area contributed by atoms with E-state index in [9.17, 15) is 19.5 Å². The van der Waals surface area contributed by atoms with Gasteiger partial charge in [0.05, 0.1) is 19.3 Å². The fourth-order valence-electron chi connectivity index (χ4n) is 2.88. The lowest BCUT2D eigenvalue weighted by molar-refractivity contribution is 0.0234. The summed E-state index contributed by atoms with van der Waals surface area (Å²) >= 11 is 0. The van der Waals surface area contributed by atoms with Gasteiger partial charge < -0.3 is 20.1 Å². The summed E-state index contributed by atoms with van der Waals surface area (Å²) in [6, 6.07) is 4.08. The fraction of sp³-hybridized carbons (Fsp3) is 0.375. The van der Waals surface area contributed by atoms with Gasteiger partial charge in [0.15, 0.2) is 0 Å². The first kappa shape index (κ1) is 16.9. The van der Waals surface area contributed by atoms with Crippen LogP contribution in [-0.4, -0.2) is 39.2 Å². The molecule has 1 aliphatic rings. The zero-order chi connectivity index (χ0) is 18.0. The average Bonchev–Trinajstić information content (AvgIpc) is 2.56. The van der Waals surface area contributed by atoms with Crippen molar-refractivity contribution in [2.45, 2.75) is 25.0 Å². The summed E-state index contributed by atoms with van der Waals surface area (Å²) in [6.07, 6.45) is 2.29. The quantitative estimate of drug-likeness (QED) is 0.587. The number of nitrogens with one attached hydrogen (secondary N) is 3. The summed E-state index contributed by atoms with van der Waals surface area (Å²) < 4.78 is 5.03. The molecule has 132 valence electrons. The van der Waals surface area contributed by atoms with Crippen molar-refractivity contribution in [3.8, 4) is 5.88 Å². The van der Waals surface area contributed by atoms with Crippen LogP contribution in [0.15, 0.2) is 34.0 Å². The highest BCUT2D eigenvalue weighted by Crippen LogP contribution is 2.38. The number of aromatic amines is 2. The van der Waals surface area contributed by atoms with Gasteiger partial charge in [-0.2, -0.15) is 0 Å². The Morgan fingerprint density at radius 3 is 2.68 bits per heavy atom. The van der Waals surface area contributed by atoms with E-state index < -0.39 is 29.3 Å². The summed E-state index contributed by atoms with van der Waals surface area (Å²) in [6.45, 7) is 0. The molecule has 3 rings (SSSR count). The second kappa shape index (κ2) is 6.89. The Hall–Kier alpha value is -2.94. The topological polar surface area (TPSA) is 137 Å². The monoisotopic (exact) mass is 346 g/mol. The van der Waals surface area contributed by atoms with Crippen LogP contribution in [0.4, 0.5) is 0 Å².